The first-order valence-corrected chi connectivity index (χ1v) is 7.69. The molecule has 20 heavy (non-hydrogen) atoms. The Hall–Kier alpha value is -1.85. The minimum atomic E-state index is -3.50. The van der Waals surface area contributed by atoms with Gasteiger partial charge < -0.3 is 4.74 Å². The Morgan fingerprint density at radius 1 is 1.10 bits per heavy atom. The summed E-state index contributed by atoms with van der Waals surface area (Å²) in [5.41, 5.74) is 1.58. The van der Waals surface area contributed by atoms with Crippen molar-refractivity contribution in [3.05, 3.63) is 59.7 Å². The third-order valence-electron chi connectivity index (χ3n) is 2.98. The van der Waals surface area contributed by atoms with Crippen molar-refractivity contribution in [3.63, 3.8) is 0 Å². The fourth-order valence-corrected chi connectivity index (χ4v) is 3.16. The molecule has 0 atom stereocenters. The van der Waals surface area contributed by atoms with Gasteiger partial charge in [0.2, 0.25) is 10.0 Å². The summed E-state index contributed by atoms with van der Waals surface area (Å²) >= 11 is 0. The first-order chi connectivity index (χ1) is 9.53. The Morgan fingerprint density at radius 3 is 2.55 bits per heavy atom. The van der Waals surface area contributed by atoms with E-state index in [1.807, 2.05) is 24.3 Å². The smallest absolute Gasteiger partial charge is 0.241 e. The van der Waals surface area contributed by atoms with E-state index < -0.39 is 10.0 Å². The van der Waals surface area contributed by atoms with Gasteiger partial charge in [0.1, 0.15) is 5.75 Å². The fraction of sp³-hybridized carbons (Fsp3) is 0.200. The number of rotatable bonds is 5. The Labute approximate surface area is 119 Å². The summed E-state index contributed by atoms with van der Waals surface area (Å²) in [4.78, 5) is 0.308. The molecule has 0 aliphatic carbocycles. The lowest BCUT2D eigenvalue weighted by atomic mass is 10.2. The second-order valence-electron chi connectivity index (χ2n) is 4.44. The Morgan fingerprint density at radius 2 is 1.85 bits per heavy atom. The number of hydrogen-bond donors (Lipinski definition) is 1. The summed E-state index contributed by atoms with van der Waals surface area (Å²) < 4.78 is 32.2. The molecule has 2 aromatic carbocycles. The predicted octanol–water partition coefficient (Wildman–Crippen LogP) is 2.48. The van der Waals surface area contributed by atoms with Crippen LogP contribution < -0.4 is 9.46 Å². The molecule has 5 heteroatoms. The second kappa shape index (κ2) is 6.07. The highest BCUT2D eigenvalue weighted by Crippen LogP contribution is 2.16. The highest BCUT2D eigenvalue weighted by Gasteiger charge is 2.15. The largest absolute Gasteiger partial charge is 0.497 e. The molecule has 0 amide bonds. The number of sulfonamides is 1. The van der Waals surface area contributed by atoms with Crippen LogP contribution in [0.15, 0.2) is 53.4 Å². The molecule has 0 unspecified atom stereocenters. The molecule has 0 aromatic heterocycles. The molecule has 1 N–H and O–H groups in total. The molecule has 0 heterocycles. The van der Waals surface area contributed by atoms with Crippen LogP contribution in [0.3, 0.4) is 0 Å². The molecule has 0 aliphatic rings. The van der Waals surface area contributed by atoms with E-state index in [-0.39, 0.29) is 6.54 Å². The molecule has 0 saturated heterocycles. The molecule has 0 radical (unpaired) electrons. The summed E-state index contributed by atoms with van der Waals surface area (Å²) in [6.45, 7) is 2.01. The van der Waals surface area contributed by atoms with Crippen molar-refractivity contribution < 1.29 is 13.2 Å². The molecule has 106 valence electrons. The van der Waals surface area contributed by atoms with Gasteiger partial charge in [-0.1, -0.05) is 30.3 Å². The average Bonchev–Trinajstić information content (AvgIpc) is 2.46. The molecule has 0 bridgehead atoms. The van der Waals surface area contributed by atoms with Gasteiger partial charge in [-0.15, -0.1) is 0 Å². The van der Waals surface area contributed by atoms with Crippen molar-refractivity contribution >= 4 is 10.0 Å². The van der Waals surface area contributed by atoms with Crippen LogP contribution in [0.25, 0.3) is 0 Å². The number of aryl methyl sites for hydroxylation is 1. The van der Waals surface area contributed by atoms with Crippen LogP contribution in [-0.4, -0.2) is 15.5 Å². The van der Waals surface area contributed by atoms with Crippen molar-refractivity contribution in [2.75, 3.05) is 7.11 Å². The molecule has 4 nitrogen and oxygen atoms in total. The Balaban J connectivity index is 2.15. The topological polar surface area (TPSA) is 55.4 Å². The third kappa shape index (κ3) is 3.37. The van der Waals surface area contributed by atoms with E-state index in [2.05, 4.69) is 4.72 Å². The van der Waals surface area contributed by atoms with Gasteiger partial charge in [0.25, 0.3) is 0 Å². The molecule has 2 rings (SSSR count). The standard InChI is InChI=1S/C15H17NO3S/c1-12-6-3-4-9-15(12)20(17,18)16-11-13-7-5-8-14(10-13)19-2/h3-10,16H,11H2,1-2H3. The lowest BCUT2D eigenvalue weighted by molar-refractivity contribution is 0.414. The summed E-state index contributed by atoms with van der Waals surface area (Å²) in [6.07, 6.45) is 0. The van der Waals surface area contributed by atoms with Crippen LogP contribution >= 0.6 is 0 Å². The molecular formula is C15H17NO3S. The number of methoxy groups -OCH3 is 1. The van der Waals surface area contributed by atoms with Gasteiger partial charge in [-0.3, -0.25) is 0 Å². The van der Waals surface area contributed by atoms with Crippen molar-refractivity contribution in [1.82, 2.24) is 4.72 Å². The lowest BCUT2D eigenvalue weighted by Crippen LogP contribution is -2.23. The van der Waals surface area contributed by atoms with E-state index in [9.17, 15) is 8.42 Å². The molecule has 2 aromatic rings. The Kier molecular flexibility index (Phi) is 4.42. The number of hydrogen-bond acceptors (Lipinski definition) is 3. The molecule has 0 saturated carbocycles. The predicted molar refractivity (Wildman–Crippen MR) is 78.2 cm³/mol. The number of nitrogens with one attached hydrogen (secondary N) is 1. The minimum absolute atomic E-state index is 0.230. The second-order valence-corrected chi connectivity index (χ2v) is 6.18. The van der Waals surface area contributed by atoms with Gasteiger partial charge in [-0.05, 0) is 36.2 Å². The maximum absolute atomic E-state index is 12.2. The Bertz CT molecular complexity index is 696. The van der Waals surface area contributed by atoms with Gasteiger partial charge in [-0.2, -0.15) is 0 Å². The van der Waals surface area contributed by atoms with Gasteiger partial charge in [0, 0.05) is 6.54 Å². The maximum atomic E-state index is 12.2. The van der Waals surface area contributed by atoms with Crippen LogP contribution in [0.1, 0.15) is 11.1 Å². The third-order valence-corrected chi connectivity index (χ3v) is 4.55. The highest BCUT2D eigenvalue weighted by molar-refractivity contribution is 7.89. The van der Waals surface area contributed by atoms with Crippen LogP contribution in [0.2, 0.25) is 0 Å². The summed E-state index contributed by atoms with van der Waals surface area (Å²) in [5, 5.41) is 0. The normalized spacial score (nSPS) is 11.3. The van der Waals surface area contributed by atoms with Crippen molar-refractivity contribution in [1.29, 1.82) is 0 Å². The van der Waals surface area contributed by atoms with E-state index >= 15 is 0 Å². The molecule has 0 fully saturated rings. The summed E-state index contributed by atoms with van der Waals surface area (Å²) in [5.74, 6) is 0.706. The summed E-state index contributed by atoms with van der Waals surface area (Å²) in [7, 11) is -1.92. The zero-order valence-electron chi connectivity index (χ0n) is 11.5. The monoisotopic (exact) mass is 291 g/mol. The zero-order valence-corrected chi connectivity index (χ0v) is 12.3. The SMILES string of the molecule is COc1cccc(CNS(=O)(=O)c2ccccc2C)c1. The van der Waals surface area contributed by atoms with Gasteiger partial charge in [0.05, 0.1) is 12.0 Å². The van der Waals surface area contributed by atoms with Gasteiger partial charge >= 0.3 is 0 Å². The number of ether oxygens (including phenoxy) is 1. The number of benzene rings is 2. The van der Waals surface area contributed by atoms with Gasteiger partial charge in [0.15, 0.2) is 0 Å². The van der Waals surface area contributed by atoms with Crippen molar-refractivity contribution in [3.8, 4) is 5.75 Å². The molecule has 0 aliphatic heterocycles. The zero-order chi connectivity index (χ0) is 14.6. The maximum Gasteiger partial charge on any atom is 0.241 e. The lowest BCUT2D eigenvalue weighted by Gasteiger charge is -2.09. The summed E-state index contributed by atoms with van der Waals surface area (Å²) in [6, 6.07) is 14.2. The fourth-order valence-electron chi connectivity index (χ4n) is 1.90. The van der Waals surface area contributed by atoms with E-state index in [1.54, 1.807) is 38.3 Å². The van der Waals surface area contributed by atoms with E-state index in [0.717, 1.165) is 11.1 Å². The minimum Gasteiger partial charge on any atom is -0.497 e. The highest BCUT2D eigenvalue weighted by atomic mass is 32.2. The average molecular weight is 291 g/mol. The van der Waals surface area contributed by atoms with Crippen LogP contribution in [-0.2, 0) is 16.6 Å². The van der Waals surface area contributed by atoms with E-state index in [1.165, 1.54) is 0 Å². The van der Waals surface area contributed by atoms with Crippen LogP contribution in [0, 0.1) is 6.92 Å². The van der Waals surface area contributed by atoms with Crippen molar-refractivity contribution in [2.24, 2.45) is 0 Å². The quantitative estimate of drug-likeness (QED) is 0.920. The van der Waals surface area contributed by atoms with Crippen LogP contribution in [0.4, 0.5) is 0 Å². The van der Waals surface area contributed by atoms with Crippen molar-refractivity contribution in [2.45, 2.75) is 18.4 Å². The van der Waals surface area contributed by atoms with Crippen LogP contribution in [0.5, 0.6) is 5.75 Å². The first-order valence-electron chi connectivity index (χ1n) is 6.21. The molecule has 0 spiro atoms. The molecular weight excluding hydrogens is 274 g/mol. The first kappa shape index (κ1) is 14.6. The van der Waals surface area contributed by atoms with E-state index in [4.69, 9.17) is 4.74 Å². The van der Waals surface area contributed by atoms with E-state index in [0.29, 0.717) is 10.6 Å². The van der Waals surface area contributed by atoms with Gasteiger partial charge in [-0.25, -0.2) is 13.1 Å².